The number of aromatic nitrogens is 2. The maximum Gasteiger partial charge on any atom is 0.135 e. The second-order valence-corrected chi connectivity index (χ2v) is 5.77. The molecule has 0 atom stereocenters. The van der Waals surface area contributed by atoms with Gasteiger partial charge in [0.15, 0.2) is 0 Å². The van der Waals surface area contributed by atoms with Crippen LogP contribution < -0.4 is 10.6 Å². The third-order valence-corrected chi connectivity index (χ3v) is 3.85. The van der Waals surface area contributed by atoms with Crippen molar-refractivity contribution in [3.63, 3.8) is 0 Å². The molecule has 1 aromatic heterocycles. The molecule has 0 saturated heterocycles. The van der Waals surface area contributed by atoms with Gasteiger partial charge in [0.2, 0.25) is 0 Å². The van der Waals surface area contributed by atoms with Crippen molar-refractivity contribution in [2.24, 2.45) is 5.92 Å². The van der Waals surface area contributed by atoms with Crippen LogP contribution in [0.5, 0.6) is 0 Å². The van der Waals surface area contributed by atoms with Crippen LogP contribution in [0.3, 0.4) is 0 Å². The lowest BCUT2D eigenvalue weighted by atomic mass is 10.0. The molecule has 19 heavy (non-hydrogen) atoms. The van der Waals surface area contributed by atoms with Crippen molar-refractivity contribution in [1.82, 2.24) is 9.97 Å². The zero-order valence-electron chi connectivity index (χ0n) is 12.4. The van der Waals surface area contributed by atoms with Crippen LogP contribution in [0.15, 0.2) is 6.07 Å². The van der Waals surface area contributed by atoms with Crippen molar-refractivity contribution >= 4 is 11.6 Å². The maximum absolute atomic E-state index is 4.58. The third-order valence-electron chi connectivity index (χ3n) is 3.85. The van der Waals surface area contributed by atoms with Crippen LogP contribution in [0, 0.1) is 5.92 Å². The van der Waals surface area contributed by atoms with E-state index in [1.165, 1.54) is 32.1 Å². The summed E-state index contributed by atoms with van der Waals surface area (Å²) in [7, 11) is 1.90. The fourth-order valence-corrected chi connectivity index (χ4v) is 2.65. The summed E-state index contributed by atoms with van der Waals surface area (Å²) in [5.41, 5.74) is 0. The first kappa shape index (κ1) is 14.1. The molecule has 1 fully saturated rings. The fraction of sp³-hybridized carbons (Fsp3) is 0.733. The molecule has 4 nitrogen and oxygen atoms in total. The van der Waals surface area contributed by atoms with E-state index < -0.39 is 0 Å². The Morgan fingerprint density at radius 2 is 1.89 bits per heavy atom. The zero-order chi connectivity index (χ0) is 13.7. The van der Waals surface area contributed by atoms with E-state index in [-0.39, 0.29) is 0 Å². The Kier molecular flexibility index (Phi) is 5.00. The van der Waals surface area contributed by atoms with Gasteiger partial charge in [0.1, 0.15) is 17.5 Å². The van der Waals surface area contributed by atoms with Gasteiger partial charge in [0.05, 0.1) is 0 Å². The molecule has 0 spiro atoms. The largest absolute Gasteiger partial charge is 0.373 e. The summed E-state index contributed by atoms with van der Waals surface area (Å²) in [6.07, 6.45) is 6.91. The molecule has 1 heterocycles. The monoisotopic (exact) mass is 262 g/mol. The summed E-state index contributed by atoms with van der Waals surface area (Å²) in [6.45, 7) is 5.26. The second-order valence-electron chi connectivity index (χ2n) is 5.77. The Morgan fingerprint density at radius 1 is 1.21 bits per heavy atom. The van der Waals surface area contributed by atoms with Crippen LogP contribution in [0.1, 0.15) is 57.7 Å². The van der Waals surface area contributed by atoms with Gasteiger partial charge >= 0.3 is 0 Å². The second kappa shape index (κ2) is 6.73. The van der Waals surface area contributed by atoms with Crippen LogP contribution in [-0.4, -0.2) is 23.6 Å². The van der Waals surface area contributed by atoms with Crippen molar-refractivity contribution in [3.05, 3.63) is 11.9 Å². The van der Waals surface area contributed by atoms with Gasteiger partial charge < -0.3 is 10.6 Å². The number of hydrogen-bond donors (Lipinski definition) is 2. The Bertz CT molecular complexity index is 397. The highest BCUT2D eigenvalue weighted by molar-refractivity contribution is 5.47. The number of hydrogen-bond acceptors (Lipinski definition) is 4. The molecule has 0 aromatic carbocycles. The standard InChI is InChI=1S/C15H26N4/c1-11(2)15-18-13(16-3)10-14(19-15)17-9-8-12-6-4-5-7-12/h10-12H,4-9H2,1-3H3,(H2,16,17,18,19). The first-order valence-electron chi connectivity index (χ1n) is 7.49. The molecule has 0 aliphatic heterocycles. The van der Waals surface area contributed by atoms with E-state index in [2.05, 4.69) is 34.4 Å². The highest BCUT2D eigenvalue weighted by atomic mass is 15.1. The minimum absolute atomic E-state index is 0.351. The number of rotatable bonds is 6. The zero-order valence-corrected chi connectivity index (χ0v) is 12.4. The highest BCUT2D eigenvalue weighted by Gasteiger charge is 2.14. The molecule has 1 saturated carbocycles. The molecule has 106 valence electrons. The van der Waals surface area contributed by atoms with Gasteiger partial charge in [-0.2, -0.15) is 0 Å². The Morgan fingerprint density at radius 3 is 2.53 bits per heavy atom. The molecule has 0 bridgehead atoms. The molecular formula is C15H26N4. The van der Waals surface area contributed by atoms with E-state index in [0.29, 0.717) is 5.92 Å². The molecule has 0 amide bonds. The molecule has 0 radical (unpaired) electrons. The molecule has 2 N–H and O–H groups in total. The van der Waals surface area contributed by atoms with Crippen LogP contribution in [-0.2, 0) is 0 Å². The summed E-state index contributed by atoms with van der Waals surface area (Å²) < 4.78 is 0. The van der Waals surface area contributed by atoms with Crippen molar-refractivity contribution in [2.75, 3.05) is 24.2 Å². The summed E-state index contributed by atoms with van der Waals surface area (Å²) in [5.74, 6) is 4.00. The van der Waals surface area contributed by atoms with Gasteiger partial charge in [-0.05, 0) is 12.3 Å². The molecule has 2 rings (SSSR count). The first-order chi connectivity index (χ1) is 9.19. The predicted octanol–water partition coefficient (Wildman–Crippen LogP) is 3.63. The van der Waals surface area contributed by atoms with Crippen molar-refractivity contribution in [1.29, 1.82) is 0 Å². The van der Waals surface area contributed by atoms with Gasteiger partial charge in [-0.3, -0.25) is 0 Å². The van der Waals surface area contributed by atoms with Crippen LogP contribution in [0.25, 0.3) is 0 Å². The quantitative estimate of drug-likeness (QED) is 0.822. The van der Waals surface area contributed by atoms with Crippen molar-refractivity contribution < 1.29 is 0 Å². The third kappa shape index (κ3) is 4.08. The lowest BCUT2D eigenvalue weighted by molar-refractivity contribution is 0.518. The topological polar surface area (TPSA) is 49.8 Å². The lowest BCUT2D eigenvalue weighted by Crippen LogP contribution is -2.10. The summed E-state index contributed by atoms with van der Waals surface area (Å²) in [5, 5.41) is 6.55. The fourth-order valence-electron chi connectivity index (χ4n) is 2.65. The van der Waals surface area contributed by atoms with E-state index >= 15 is 0 Å². The molecule has 1 aromatic rings. The molecular weight excluding hydrogens is 236 g/mol. The Hall–Kier alpha value is -1.32. The van der Waals surface area contributed by atoms with Gasteiger partial charge in [-0.25, -0.2) is 9.97 Å². The summed E-state index contributed by atoms with van der Waals surface area (Å²) in [4.78, 5) is 9.06. The summed E-state index contributed by atoms with van der Waals surface area (Å²) in [6, 6.07) is 1.99. The molecule has 0 unspecified atom stereocenters. The molecule has 4 heteroatoms. The number of nitrogens with zero attached hydrogens (tertiary/aromatic N) is 2. The van der Waals surface area contributed by atoms with Crippen LogP contribution in [0.2, 0.25) is 0 Å². The lowest BCUT2D eigenvalue weighted by Gasteiger charge is -2.13. The van der Waals surface area contributed by atoms with Crippen molar-refractivity contribution in [3.8, 4) is 0 Å². The van der Waals surface area contributed by atoms with Gasteiger partial charge in [-0.15, -0.1) is 0 Å². The van der Waals surface area contributed by atoms with Crippen LogP contribution >= 0.6 is 0 Å². The number of nitrogens with one attached hydrogen (secondary N) is 2. The Balaban J connectivity index is 1.92. The predicted molar refractivity (Wildman–Crippen MR) is 80.7 cm³/mol. The van der Waals surface area contributed by atoms with E-state index in [1.54, 1.807) is 0 Å². The van der Waals surface area contributed by atoms with E-state index in [0.717, 1.165) is 29.9 Å². The molecule has 1 aliphatic carbocycles. The first-order valence-corrected chi connectivity index (χ1v) is 7.49. The SMILES string of the molecule is CNc1cc(NCCC2CCCC2)nc(C(C)C)n1. The van der Waals surface area contributed by atoms with Gasteiger partial charge in [0.25, 0.3) is 0 Å². The minimum Gasteiger partial charge on any atom is -0.373 e. The highest BCUT2D eigenvalue weighted by Crippen LogP contribution is 2.27. The normalized spacial score (nSPS) is 16.0. The van der Waals surface area contributed by atoms with E-state index in [1.807, 2.05) is 13.1 Å². The van der Waals surface area contributed by atoms with Crippen molar-refractivity contribution in [2.45, 2.75) is 51.9 Å². The van der Waals surface area contributed by atoms with Gasteiger partial charge in [-0.1, -0.05) is 39.5 Å². The molecule has 1 aliphatic rings. The summed E-state index contributed by atoms with van der Waals surface area (Å²) >= 11 is 0. The average Bonchev–Trinajstić information content (AvgIpc) is 2.91. The number of anilines is 2. The smallest absolute Gasteiger partial charge is 0.135 e. The van der Waals surface area contributed by atoms with E-state index in [9.17, 15) is 0 Å². The maximum atomic E-state index is 4.58. The van der Waals surface area contributed by atoms with E-state index in [4.69, 9.17) is 0 Å². The average molecular weight is 262 g/mol. The minimum atomic E-state index is 0.351. The Labute approximate surface area is 116 Å². The van der Waals surface area contributed by atoms with Gasteiger partial charge in [0, 0.05) is 25.6 Å². The van der Waals surface area contributed by atoms with Crippen LogP contribution in [0.4, 0.5) is 11.6 Å².